The lowest BCUT2D eigenvalue weighted by Crippen LogP contribution is -2.48. The molecule has 2 saturated carbocycles. The van der Waals surface area contributed by atoms with Crippen LogP contribution in [0.1, 0.15) is 56.1 Å². The van der Waals surface area contributed by atoms with Gasteiger partial charge in [-0.1, -0.05) is 13.0 Å². The van der Waals surface area contributed by atoms with E-state index < -0.39 is 0 Å². The second-order valence-electron chi connectivity index (χ2n) is 8.46. The van der Waals surface area contributed by atoms with E-state index in [0.29, 0.717) is 17.8 Å². The zero-order chi connectivity index (χ0) is 16.9. The van der Waals surface area contributed by atoms with Gasteiger partial charge in [-0.15, -0.1) is 0 Å². The molecular formula is C21H30O3. The Kier molecular flexibility index (Phi) is 4.12. The van der Waals surface area contributed by atoms with Crippen molar-refractivity contribution in [1.82, 2.24) is 0 Å². The van der Waals surface area contributed by atoms with Crippen molar-refractivity contribution in [3.63, 3.8) is 0 Å². The number of aliphatic hydroxyl groups excluding tert-OH is 2. The van der Waals surface area contributed by atoms with E-state index in [9.17, 15) is 10.2 Å². The summed E-state index contributed by atoms with van der Waals surface area (Å²) < 4.78 is 5.38. The molecule has 0 heterocycles. The maximum Gasteiger partial charge on any atom is 0.119 e. The molecule has 24 heavy (non-hydrogen) atoms. The van der Waals surface area contributed by atoms with Crippen LogP contribution in [0.2, 0.25) is 0 Å². The molecule has 2 N–H and O–H groups in total. The van der Waals surface area contributed by atoms with Gasteiger partial charge in [0.2, 0.25) is 0 Å². The molecule has 1 aromatic rings. The summed E-state index contributed by atoms with van der Waals surface area (Å²) in [7, 11) is 1.72. The largest absolute Gasteiger partial charge is 0.497 e. The summed E-state index contributed by atoms with van der Waals surface area (Å²) in [5.74, 6) is 3.05. The summed E-state index contributed by atoms with van der Waals surface area (Å²) in [6.45, 7) is 2.66. The predicted molar refractivity (Wildman–Crippen MR) is 94.2 cm³/mol. The SMILES string of the molecule is COc1ccc2c(c1)CCC1C2C(O)CC2(C)C(CCO)CCC12. The van der Waals surface area contributed by atoms with Crippen LogP contribution in [0.3, 0.4) is 0 Å². The van der Waals surface area contributed by atoms with E-state index in [0.717, 1.165) is 25.0 Å². The minimum absolute atomic E-state index is 0.202. The van der Waals surface area contributed by atoms with Gasteiger partial charge in [-0.2, -0.15) is 0 Å². The van der Waals surface area contributed by atoms with Crippen LogP contribution < -0.4 is 4.74 Å². The molecule has 3 nitrogen and oxygen atoms in total. The molecule has 3 aliphatic carbocycles. The molecule has 1 aromatic carbocycles. The summed E-state index contributed by atoms with van der Waals surface area (Å²) in [4.78, 5) is 0. The first kappa shape index (κ1) is 16.4. The van der Waals surface area contributed by atoms with Gasteiger partial charge in [0.05, 0.1) is 13.2 Å². The highest BCUT2D eigenvalue weighted by molar-refractivity contribution is 5.41. The van der Waals surface area contributed by atoms with Crippen LogP contribution in [0, 0.1) is 23.2 Å². The van der Waals surface area contributed by atoms with Crippen LogP contribution in [-0.2, 0) is 6.42 Å². The fourth-order valence-electron chi connectivity index (χ4n) is 6.50. The number of aryl methyl sites for hydroxylation is 1. The molecule has 3 heteroatoms. The molecule has 0 bridgehead atoms. The first-order valence-corrected chi connectivity index (χ1v) is 9.54. The molecule has 2 fully saturated rings. The van der Waals surface area contributed by atoms with Gasteiger partial charge in [-0.05, 0) is 85.0 Å². The van der Waals surface area contributed by atoms with Crippen molar-refractivity contribution < 1.29 is 14.9 Å². The number of hydrogen-bond donors (Lipinski definition) is 2. The van der Waals surface area contributed by atoms with Crippen LogP contribution in [0.15, 0.2) is 18.2 Å². The van der Waals surface area contributed by atoms with Crippen LogP contribution in [0.4, 0.5) is 0 Å². The maximum absolute atomic E-state index is 11.1. The summed E-state index contributed by atoms with van der Waals surface area (Å²) in [6, 6.07) is 6.40. The monoisotopic (exact) mass is 330 g/mol. The van der Waals surface area contributed by atoms with Gasteiger partial charge in [0.25, 0.3) is 0 Å². The van der Waals surface area contributed by atoms with Crippen molar-refractivity contribution in [3.05, 3.63) is 29.3 Å². The molecule has 0 saturated heterocycles. The molecule has 0 aromatic heterocycles. The number of hydrogen-bond acceptors (Lipinski definition) is 3. The lowest BCUT2D eigenvalue weighted by molar-refractivity contribution is -0.0580. The topological polar surface area (TPSA) is 49.7 Å². The van der Waals surface area contributed by atoms with Gasteiger partial charge in [0.1, 0.15) is 5.75 Å². The molecule has 0 radical (unpaired) electrons. The normalized spacial score (nSPS) is 40.6. The van der Waals surface area contributed by atoms with Gasteiger partial charge in [0.15, 0.2) is 0 Å². The maximum atomic E-state index is 11.1. The molecule has 0 amide bonds. The Hall–Kier alpha value is -1.06. The van der Waals surface area contributed by atoms with Crippen molar-refractivity contribution in [1.29, 1.82) is 0 Å². The standard InChI is InChI=1S/C21H30O3/c1-21-12-19(23)20-16-7-5-15(24-2)11-13(16)3-6-17(20)18(21)8-4-14(21)9-10-22/h5,7,11,14,17-20,22-23H,3-4,6,8-10,12H2,1-2H3. The number of aliphatic hydroxyl groups is 2. The zero-order valence-corrected chi connectivity index (χ0v) is 14.9. The van der Waals surface area contributed by atoms with Crippen LogP contribution in [0.25, 0.3) is 0 Å². The fraction of sp³-hybridized carbons (Fsp3) is 0.714. The summed E-state index contributed by atoms with van der Waals surface area (Å²) in [5.41, 5.74) is 2.92. The van der Waals surface area contributed by atoms with E-state index in [1.54, 1.807) is 7.11 Å². The molecule has 6 atom stereocenters. The summed E-state index contributed by atoms with van der Waals surface area (Å²) >= 11 is 0. The number of ether oxygens (including phenoxy) is 1. The minimum atomic E-state index is -0.261. The van der Waals surface area contributed by atoms with E-state index in [4.69, 9.17) is 4.74 Å². The Balaban J connectivity index is 1.68. The van der Waals surface area contributed by atoms with E-state index >= 15 is 0 Å². The molecule has 0 spiro atoms. The van der Waals surface area contributed by atoms with Crippen molar-refractivity contribution in [2.24, 2.45) is 23.2 Å². The highest BCUT2D eigenvalue weighted by Crippen LogP contribution is 2.63. The quantitative estimate of drug-likeness (QED) is 0.891. The number of benzene rings is 1. The fourth-order valence-corrected chi connectivity index (χ4v) is 6.50. The third-order valence-electron chi connectivity index (χ3n) is 7.58. The number of methoxy groups -OCH3 is 1. The van der Waals surface area contributed by atoms with E-state index in [2.05, 4.69) is 19.1 Å². The van der Waals surface area contributed by atoms with Crippen LogP contribution >= 0.6 is 0 Å². The summed E-state index contributed by atoms with van der Waals surface area (Å²) in [6.07, 6.45) is 6.27. The second-order valence-corrected chi connectivity index (χ2v) is 8.46. The molecular weight excluding hydrogens is 300 g/mol. The Morgan fingerprint density at radius 1 is 1.25 bits per heavy atom. The first-order valence-electron chi connectivity index (χ1n) is 9.54. The van der Waals surface area contributed by atoms with Crippen LogP contribution in [-0.4, -0.2) is 30.0 Å². The Morgan fingerprint density at radius 2 is 2.08 bits per heavy atom. The molecule has 132 valence electrons. The minimum Gasteiger partial charge on any atom is -0.497 e. The van der Waals surface area contributed by atoms with E-state index in [1.807, 2.05) is 6.07 Å². The van der Waals surface area contributed by atoms with Gasteiger partial charge in [0, 0.05) is 12.5 Å². The van der Waals surface area contributed by atoms with Crippen molar-refractivity contribution in [3.8, 4) is 5.75 Å². The van der Waals surface area contributed by atoms with Crippen LogP contribution in [0.5, 0.6) is 5.75 Å². The van der Waals surface area contributed by atoms with Gasteiger partial charge < -0.3 is 14.9 Å². The molecule has 4 rings (SSSR count). The third-order valence-corrected chi connectivity index (χ3v) is 7.58. The average molecular weight is 330 g/mol. The Bertz CT molecular complexity index is 613. The Labute approximate surface area is 145 Å². The highest BCUT2D eigenvalue weighted by atomic mass is 16.5. The van der Waals surface area contributed by atoms with Crippen molar-refractivity contribution in [2.75, 3.05) is 13.7 Å². The van der Waals surface area contributed by atoms with E-state index in [-0.39, 0.29) is 24.0 Å². The summed E-state index contributed by atoms with van der Waals surface area (Å²) in [5, 5.41) is 20.5. The zero-order valence-electron chi connectivity index (χ0n) is 14.9. The number of fused-ring (bicyclic) bond motifs is 5. The number of rotatable bonds is 3. The lowest BCUT2D eigenvalue weighted by Gasteiger charge is -2.53. The average Bonchev–Trinajstić information content (AvgIpc) is 2.90. The second kappa shape index (κ2) is 6.03. The molecule has 0 aliphatic heterocycles. The van der Waals surface area contributed by atoms with Gasteiger partial charge >= 0.3 is 0 Å². The third kappa shape index (κ3) is 2.32. The Morgan fingerprint density at radius 3 is 2.83 bits per heavy atom. The van der Waals surface area contributed by atoms with Gasteiger partial charge in [-0.25, -0.2) is 0 Å². The molecule has 6 unspecified atom stereocenters. The first-order chi connectivity index (χ1) is 11.6. The molecule has 3 aliphatic rings. The van der Waals surface area contributed by atoms with Crippen molar-refractivity contribution >= 4 is 0 Å². The van der Waals surface area contributed by atoms with Gasteiger partial charge in [-0.3, -0.25) is 0 Å². The smallest absolute Gasteiger partial charge is 0.119 e. The predicted octanol–water partition coefficient (Wildman–Crippen LogP) is 3.52. The lowest BCUT2D eigenvalue weighted by atomic mass is 9.53. The van der Waals surface area contributed by atoms with E-state index in [1.165, 1.54) is 30.4 Å². The van der Waals surface area contributed by atoms with Crippen molar-refractivity contribution in [2.45, 2.75) is 57.5 Å². The highest BCUT2D eigenvalue weighted by Gasteiger charge is 2.57.